The zero-order chi connectivity index (χ0) is 15.7. The highest BCUT2D eigenvalue weighted by Crippen LogP contribution is 2.34. The predicted molar refractivity (Wildman–Crippen MR) is 106 cm³/mol. The molecular formula is C17H36IN3O. The first-order valence-corrected chi connectivity index (χ1v) is 8.80. The molecule has 1 aliphatic rings. The number of aliphatic hydroxyl groups excluding tert-OH is 1. The van der Waals surface area contributed by atoms with Gasteiger partial charge in [-0.15, -0.1) is 24.0 Å². The highest BCUT2D eigenvalue weighted by molar-refractivity contribution is 14.0. The van der Waals surface area contributed by atoms with Crippen molar-refractivity contribution in [2.75, 3.05) is 19.7 Å². The van der Waals surface area contributed by atoms with E-state index in [4.69, 9.17) is 4.99 Å². The van der Waals surface area contributed by atoms with Crippen LogP contribution in [0, 0.1) is 11.3 Å². The van der Waals surface area contributed by atoms with Crippen LogP contribution in [0.2, 0.25) is 0 Å². The van der Waals surface area contributed by atoms with E-state index in [0.29, 0.717) is 6.04 Å². The van der Waals surface area contributed by atoms with Gasteiger partial charge in [0.25, 0.3) is 0 Å². The summed E-state index contributed by atoms with van der Waals surface area (Å²) < 4.78 is 0. The van der Waals surface area contributed by atoms with Crippen LogP contribution in [0.3, 0.4) is 0 Å². The molecule has 0 aromatic rings. The number of guanidine groups is 1. The van der Waals surface area contributed by atoms with E-state index in [1.807, 2.05) is 0 Å². The van der Waals surface area contributed by atoms with Crippen molar-refractivity contribution in [1.82, 2.24) is 10.6 Å². The Morgan fingerprint density at radius 3 is 2.41 bits per heavy atom. The average Bonchev–Trinajstić information content (AvgIpc) is 3.22. The predicted octanol–water partition coefficient (Wildman–Crippen LogP) is 3.54. The standard InChI is InChI=1S/C17H35N3O.HI/c1-5-9-14-12-15(14)20-16(18-8-4)19-13-17(6-2,7-3)10-11-21;/h14-15,21H,5-13H2,1-4H3,(H2,18,19,20);1H. The molecule has 0 radical (unpaired) electrons. The molecule has 2 unspecified atom stereocenters. The zero-order valence-corrected chi connectivity index (χ0v) is 17.2. The number of nitrogens with one attached hydrogen (secondary N) is 2. The van der Waals surface area contributed by atoms with Crippen molar-refractivity contribution in [2.45, 2.75) is 72.3 Å². The minimum absolute atomic E-state index is 0. The van der Waals surface area contributed by atoms with Crippen molar-refractivity contribution in [3.05, 3.63) is 0 Å². The minimum atomic E-state index is 0. The van der Waals surface area contributed by atoms with Crippen LogP contribution in [0.1, 0.15) is 66.2 Å². The fourth-order valence-electron chi connectivity index (χ4n) is 3.00. The van der Waals surface area contributed by atoms with Gasteiger partial charge in [-0.1, -0.05) is 27.2 Å². The molecule has 4 nitrogen and oxygen atoms in total. The SMILES string of the molecule is CCCC1CC1NC(=NCC(CC)(CC)CCO)NCC.I. The molecule has 1 saturated carbocycles. The zero-order valence-electron chi connectivity index (χ0n) is 14.8. The summed E-state index contributed by atoms with van der Waals surface area (Å²) in [7, 11) is 0. The maximum absolute atomic E-state index is 9.30. The fourth-order valence-corrected chi connectivity index (χ4v) is 3.00. The van der Waals surface area contributed by atoms with Gasteiger partial charge in [0.1, 0.15) is 0 Å². The first kappa shape index (κ1) is 22.0. The van der Waals surface area contributed by atoms with Gasteiger partial charge >= 0.3 is 0 Å². The highest BCUT2D eigenvalue weighted by Gasteiger charge is 2.36. The van der Waals surface area contributed by atoms with Gasteiger partial charge in [0, 0.05) is 25.7 Å². The summed E-state index contributed by atoms with van der Waals surface area (Å²) in [6.45, 7) is 10.7. The van der Waals surface area contributed by atoms with Crippen molar-refractivity contribution in [3.63, 3.8) is 0 Å². The van der Waals surface area contributed by atoms with Crippen LogP contribution in [-0.4, -0.2) is 36.8 Å². The normalized spacial score (nSPS) is 21.2. The Labute approximate surface area is 154 Å². The van der Waals surface area contributed by atoms with Crippen LogP contribution < -0.4 is 10.6 Å². The molecule has 0 aromatic carbocycles. The van der Waals surface area contributed by atoms with Crippen molar-refractivity contribution in [3.8, 4) is 0 Å². The van der Waals surface area contributed by atoms with Crippen LogP contribution in [0.15, 0.2) is 4.99 Å². The quantitative estimate of drug-likeness (QED) is 0.285. The Morgan fingerprint density at radius 1 is 1.23 bits per heavy atom. The molecule has 0 saturated heterocycles. The first-order valence-electron chi connectivity index (χ1n) is 8.80. The molecule has 0 heterocycles. The number of aliphatic hydroxyl groups is 1. The van der Waals surface area contributed by atoms with Gasteiger partial charge in [0.05, 0.1) is 0 Å². The minimum Gasteiger partial charge on any atom is -0.396 e. The lowest BCUT2D eigenvalue weighted by atomic mass is 9.79. The first-order chi connectivity index (χ1) is 10.1. The van der Waals surface area contributed by atoms with Crippen LogP contribution in [-0.2, 0) is 0 Å². The number of aliphatic imine (C=N–C) groups is 1. The fraction of sp³-hybridized carbons (Fsp3) is 0.941. The topological polar surface area (TPSA) is 56.7 Å². The second kappa shape index (κ2) is 11.5. The van der Waals surface area contributed by atoms with Crippen molar-refractivity contribution in [1.29, 1.82) is 0 Å². The summed E-state index contributed by atoms with van der Waals surface area (Å²) in [5.41, 5.74) is 0.142. The Kier molecular flexibility index (Phi) is 11.5. The van der Waals surface area contributed by atoms with Gasteiger partial charge in [-0.05, 0) is 50.4 Å². The maximum atomic E-state index is 9.30. The molecule has 132 valence electrons. The Balaban J connectivity index is 0.00000441. The van der Waals surface area contributed by atoms with E-state index < -0.39 is 0 Å². The van der Waals surface area contributed by atoms with Gasteiger partial charge in [-0.25, -0.2) is 0 Å². The number of nitrogens with zero attached hydrogens (tertiary/aromatic N) is 1. The second-order valence-electron chi connectivity index (χ2n) is 6.41. The van der Waals surface area contributed by atoms with E-state index in [-0.39, 0.29) is 36.0 Å². The number of rotatable bonds is 10. The largest absolute Gasteiger partial charge is 0.396 e. The molecule has 3 N–H and O–H groups in total. The molecule has 0 amide bonds. The Hall–Kier alpha value is -0.0400. The third kappa shape index (κ3) is 7.02. The summed E-state index contributed by atoms with van der Waals surface area (Å²) in [6, 6.07) is 0.609. The van der Waals surface area contributed by atoms with E-state index in [0.717, 1.165) is 44.2 Å². The third-order valence-corrected chi connectivity index (χ3v) is 4.96. The van der Waals surface area contributed by atoms with E-state index in [2.05, 4.69) is 38.3 Å². The average molecular weight is 425 g/mol. The van der Waals surface area contributed by atoms with Gasteiger partial charge in [0.2, 0.25) is 0 Å². The Morgan fingerprint density at radius 2 is 1.91 bits per heavy atom. The molecule has 22 heavy (non-hydrogen) atoms. The van der Waals surface area contributed by atoms with Gasteiger partial charge in [-0.3, -0.25) is 4.99 Å². The molecule has 0 bridgehead atoms. The molecule has 1 fully saturated rings. The van der Waals surface area contributed by atoms with Crippen molar-refractivity contribution < 1.29 is 5.11 Å². The summed E-state index contributed by atoms with van der Waals surface area (Å²) in [5, 5.41) is 16.2. The number of hydrogen-bond donors (Lipinski definition) is 3. The third-order valence-electron chi connectivity index (χ3n) is 4.96. The van der Waals surface area contributed by atoms with Crippen LogP contribution in [0.4, 0.5) is 0 Å². The summed E-state index contributed by atoms with van der Waals surface area (Å²) in [4.78, 5) is 4.80. The summed E-state index contributed by atoms with van der Waals surface area (Å²) >= 11 is 0. The van der Waals surface area contributed by atoms with Crippen molar-refractivity contribution >= 4 is 29.9 Å². The number of halogens is 1. The van der Waals surface area contributed by atoms with E-state index in [9.17, 15) is 5.11 Å². The van der Waals surface area contributed by atoms with E-state index in [1.54, 1.807) is 0 Å². The van der Waals surface area contributed by atoms with Crippen LogP contribution in [0.25, 0.3) is 0 Å². The maximum Gasteiger partial charge on any atom is 0.191 e. The van der Waals surface area contributed by atoms with Crippen molar-refractivity contribution in [2.24, 2.45) is 16.3 Å². The van der Waals surface area contributed by atoms with Crippen LogP contribution >= 0.6 is 24.0 Å². The lowest BCUT2D eigenvalue weighted by molar-refractivity contribution is 0.175. The molecule has 0 aliphatic heterocycles. The molecule has 2 atom stereocenters. The Bertz CT molecular complexity index is 319. The van der Waals surface area contributed by atoms with Gasteiger partial charge < -0.3 is 15.7 Å². The molecule has 1 aliphatic carbocycles. The highest BCUT2D eigenvalue weighted by atomic mass is 127. The molecule has 1 rings (SSSR count). The van der Waals surface area contributed by atoms with Gasteiger partial charge in [0.15, 0.2) is 5.96 Å². The molecule has 0 spiro atoms. The molecule has 0 aromatic heterocycles. The summed E-state index contributed by atoms with van der Waals surface area (Å²) in [6.07, 6.45) is 6.83. The van der Waals surface area contributed by atoms with Crippen LogP contribution in [0.5, 0.6) is 0 Å². The lowest BCUT2D eigenvalue weighted by Crippen LogP contribution is -2.40. The molecular weight excluding hydrogens is 389 g/mol. The van der Waals surface area contributed by atoms with E-state index in [1.165, 1.54) is 19.3 Å². The van der Waals surface area contributed by atoms with E-state index >= 15 is 0 Å². The smallest absolute Gasteiger partial charge is 0.191 e. The molecule has 5 heteroatoms. The monoisotopic (exact) mass is 425 g/mol. The summed E-state index contributed by atoms with van der Waals surface area (Å²) in [5.74, 6) is 1.78. The lowest BCUT2D eigenvalue weighted by Gasteiger charge is -2.29. The number of hydrogen-bond acceptors (Lipinski definition) is 2. The second-order valence-corrected chi connectivity index (χ2v) is 6.41. The van der Waals surface area contributed by atoms with Gasteiger partial charge in [-0.2, -0.15) is 0 Å².